The average Bonchev–Trinajstić information content (AvgIpc) is 3.14. The van der Waals surface area contributed by atoms with Gasteiger partial charge >= 0.3 is 0 Å². The lowest BCUT2D eigenvalue weighted by atomic mass is 9.83. The number of rotatable bonds is 4. The van der Waals surface area contributed by atoms with Gasteiger partial charge in [-0.25, -0.2) is 0 Å². The zero-order valence-corrected chi connectivity index (χ0v) is 26.2. The van der Waals surface area contributed by atoms with Crippen molar-refractivity contribution in [3.8, 4) is 22.3 Å². The lowest BCUT2D eigenvalue weighted by Gasteiger charge is -2.22. The molecule has 1 atom stereocenters. The number of nitrogens with one attached hydrogen (secondary N) is 1. The Morgan fingerprint density at radius 1 is 0.468 bits per heavy atom. The van der Waals surface area contributed by atoms with Crippen LogP contribution < -0.4 is 5.32 Å². The van der Waals surface area contributed by atoms with Crippen molar-refractivity contribution in [1.82, 2.24) is 5.32 Å². The first-order chi connectivity index (χ1) is 23.2. The molecule has 0 saturated heterocycles. The molecule has 1 nitrogen and oxygen atoms in total. The van der Waals surface area contributed by atoms with E-state index in [2.05, 4.69) is 182 Å². The van der Waals surface area contributed by atoms with Crippen molar-refractivity contribution in [2.24, 2.45) is 0 Å². The Balaban J connectivity index is 1.24. The van der Waals surface area contributed by atoms with E-state index in [1.54, 1.807) is 0 Å². The summed E-state index contributed by atoms with van der Waals surface area (Å²) in [6.45, 7) is 2.16. The predicted octanol–water partition coefficient (Wildman–Crippen LogP) is 12.2. The number of aryl methyl sites for hydroxylation is 1. The minimum Gasteiger partial charge on any atom is -0.380 e. The lowest BCUT2D eigenvalue weighted by Crippen LogP contribution is -2.16. The van der Waals surface area contributed by atoms with Crippen LogP contribution in [0.2, 0.25) is 0 Å². The molecule has 0 radical (unpaired) electrons. The Labute approximate surface area is 275 Å². The second-order valence-electron chi connectivity index (χ2n) is 12.6. The molecule has 1 unspecified atom stereocenters. The summed E-state index contributed by atoms with van der Waals surface area (Å²) in [5.41, 5.74) is 10.1. The number of hydrogen-bond acceptors (Lipinski definition) is 1. The Bertz CT molecular complexity index is 2500. The Morgan fingerprint density at radius 2 is 1.02 bits per heavy atom. The van der Waals surface area contributed by atoms with E-state index in [0.717, 1.165) is 0 Å². The molecule has 0 bridgehead atoms. The number of fused-ring (bicyclic) bond motifs is 4. The zero-order chi connectivity index (χ0) is 31.3. The molecule has 0 aromatic heterocycles. The SMILES string of the molecule is Cc1ccc2cc(-c3c4ccccc4c(-c4ccc(C5=CNC(c6ccccc6)C=C5)c5ccccc45)c4ccccc34)ccc2c1. The first-order valence-corrected chi connectivity index (χ1v) is 16.4. The van der Waals surface area contributed by atoms with Crippen molar-refractivity contribution < 1.29 is 0 Å². The van der Waals surface area contributed by atoms with Gasteiger partial charge in [0.2, 0.25) is 0 Å². The Kier molecular flexibility index (Phi) is 6.50. The highest BCUT2D eigenvalue weighted by Crippen LogP contribution is 2.46. The van der Waals surface area contributed by atoms with Gasteiger partial charge in [-0.05, 0) is 95.0 Å². The molecule has 0 saturated carbocycles. The van der Waals surface area contributed by atoms with E-state index >= 15 is 0 Å². The van der Waals surface area contributed by atoms with E-state index in [0.29, 0.717) is 0 Å². The van der Waals surface area contributed by atoms with Gasteiger partial charge in [-0.3, -0.25) is 0 Å². The summed E-state index contributed by atoms with van der Waals surface area (Å²) >= 11 is 0. The minimum atomic E-state index is 0.174. The van der Waals surface area contributed by atoms with Crippen LogP contribution in [-0.2, 0) is 0 Å². The third-order valence-corrected chi connectivity index (χ3v) is 9.77. The van der Waals surface area contributed by atoms with E-state index in [9.17, 15) is 0 Å². The molecule has 0 amide bonds. The molecular weight excluding hydrogens is 567 g/mol. The van der Waals surface area contributed by atoms with Gasteiger partial charge in [0.1, 0.15) is 0 Å². The molecule has 8 aromatic rings. The van der Waals surface area contributed by atoms with Crippen molar-refractivity contribution in [2.75, 3.05) is 0 Å². The van der Waals surface area contributed by atoms with Crippen LogP contribution in [0.4, 0.5) is 0 Å². The minimum absolute atomic E-state index is 0.174. The van der Waals surface area contributed by atoms with Crippen LogP contribution in [0.1, 0.15) is 22.7 Å². The first-order valence-electron chi connectivity index (χ1n) is 16.4. The van der Waals surface area contributed by atoms with Gasteiger partial charge in [0.05, 0.1) is 6.04 Å². The Morgan fingerprint density at radius 3 is 1.68 bits per heavy atom. The van der Waals surface area contributed by atoms with Crippen LogP contribution in [0.25, 0.3) is 70.9 Å². The largest absolute Gasteiger partial charge is 0.380 e. The number of allylic oxidation sites excluding steroid dienone is 2. The molecule has 1 N–H and O–H groups in total. The summed E-state index contributed by atoms with van der Waals surface area (Å²) in [5, 5.41) is 13.8. The van der Waals surface area contributed by atoms with Gasteiger partial charge in [0.15, 0.2) is 0 Å². The number of benzene rings is 8. The molecule has 8 aromatic carbocycles. The van der Waals surface area contributed by atoms with Gasteiger partial charge in [-0.1, -0.05) is 163 Å². The summed E-state index contributed by atoms with van der Waals surface area (Å²) in [6, 6.07) is 55.8. The van der Waals surface area contributed by atoms with Crippen molar-refractivity contribution in [3.05, 3.63) is 187 Å². The molecule has 1 aliphatic heterocycles. The summed E-state index contributed by atoms with van der Waals surface area (Å²) in [7, 11) is 0. The Hall–Kier alpha value is -5.92. The van der Waals surface area contributed by atoms with Crippen LogP contribution in [0, 0.1) is 6.92 Å². The quantitative estimate of drug-likeness (QED) is 0.198. The van der Waals surface area contributed by atoms with Gasteiger partial charge < -0.3 is 5.32 Å². The lowest BCUT2D eigenvalue weighted by molar-refractivity contribution is 0.749. The van der Waals surface area contributed by atoms with Crippen LogP contribution in [-0.4, -0.2) is 0 Å². The standard InChI is InChI=1S/C46H33N/c1-30-19-20-33-28-34(22-21-32(33)27-30)45-39-15-7-9-17-41(39)46(42-18-10-8-16-40(42)45)43-25-24-36(37-13-5-6-14-38(37)43)35-23-26-44(47-29-35)31-11-3-2-4-12-31/h2-29,44,47H,1H3. The second kappa shape index (κ2) is 11.2. The summed E-state index contributed by atoms with van der Waals surface area (Å²) in [4.78, 5) is 0. The summed E-state index contributed by atoms with van der Waals surface area (Å²) in [5.74, 6) is 0. The topological polar surface area (TPSA) is 12.0 Å². The number of dihydropyridines is 1. The van der Waals surface area contributed by atoms with Crippen molar-refractivity contribution in [1.29, 1.82) is 0 Å². The monoisotopic (exact) mass is 599 g/mol. The first kappa shape index (κ1) is 27.4. The average molecular weight is 600 g/mol. The smallest absolute Gasteiger partial charge is 0.0696 e. The fraction of sp³-hybridized carbons (Fsp3) is 0.0435. The van der Waals surface area contributed by atoms with E-state index in [4.69, 9.17) is 0 Å². The molecule has 9 rings (SSSR count). The van der Waals surface area contributed by atoms with Gasteiger partial charge in [-0.15, -0.1) is 0 Å². The molecule has 222 valence electrons. The highest BCUT2D eigenvalue weighted by molar-refractivity contribution is 6.24. The van der Waals surface area contributed by atoms with Crippen molar-refractivity contribution in [2.45, 2.75) is 13.0 Å². The molecule has 1 aliphatic rings. The van der Waals surface area contributed by atoms with E-state index in [1.165, 1.54) is 87.6 Å². The third-order valence-electron chi connectivity index (χ3n) is 9.77. The van der Waals surface area contributed by atoms with E-state index < -0.39 is 0 Å². The fourth-order valence-corrected chi connectivity index (χ4v) is 7.54. The van der Waals surface area contributed by atoms with E-state index in [-0.39, 0.29) is 6.04 Å². The molecule has 1 heteroatoms. The van der Waals surface area contributed by atoms with Crippen molar-refractivity contribution in [3.63, 3.8) is 0 Å². The van der Waals surface area contributed by atoms with Gasteiger partial charge in [0, 0.05) is 6.20 Å². The maximum absolute atomic E-state index is 3.63. The predicted molar refractivity (Wildman–Crippen MR) is 202 cm³/mol. The molecule has 0 fully saturated rings. The molecular formula is C46H33N. The summed E-state index contributed by atoms with van der Waals surface area (Å²) in [6.07, 6.45) is 6.70. The molecule has 0 aliphatic carbocycles. The normalized spacial score (nSPS) is 14.5. The van der Waals surface area contributed by atoms with E-state index in [1.807, 2.05) is 0 Å². The van der Waals surface area contributed by atoms with Crippen LogP contribution in [0.15, 0.2) is 170 Å². The maximum Gasteiger partial charge on any atom is 0.0696 e. The maximum atomic E-state index is 3.63. The van der Waals surface area contributed by atoms with Gasteiger partial charge in [0.25, 0.3) is 0 Å². The third kappa shape index (κ3) is 4.63. The fourth-order valence-electron chi connectivity index (χ4n) is 7.54. The van der Waals surface area contributed by atoms with Crippen molar-refractivity contribution >= 4 is 48.7 Å². The molecule has 47 heavy (non-hydrogen) atoms. The molecule has 1 heterocycles. The van der Waals surface area contributed by atoms with Crippen LogP contribution in [0.3, 0.4) is 0 Å². The second-order valence-corrected chi connectivity index (χ2v) is 12.6. The zero-order valence-electron chi connectivity index (χ0n) is 26.2. The highest BCUT2D eigenvalue weighted by Gasteiger charge is 2.20. The van der Waals surface area contributed by atoms with Gasteiger partial charge in [-0.2, -0.15) is 0 Å². The van der Waals surface area contributed by atoms with Crippen LogP contribution >= 0.6 is 0 Å². The highest BCUT2D eigenvalue weighted by atomic mass is 14.9. The summed E-state index contributed by atoms with van der Waals surface area (Å²) < 4.78 is 0. The molecule has 0 spiro atoms. The number of hydrogen-bond donors (Lipinski definition) is 1. The van der Waals surface area contributed by atoms with Crippen LogP contribution in [0.5, 0.6) is 0 Å².